The molecule has 1 aromatic heterocycles. The first-order valence-electron chi connectivity index (χ1n) is 5.64. The monoisotopic (exact) mass is 224 g/mol. The average Bonchev–Trinajstić information content (AvgIpc) is 2.32. The first kappa shape index (κ1) is 12.7. The third kappa shape index (κ3) is 3.06. The van der Waals surface area contributed by atoms with E-state index < -0.39 is 0 Å². The van der Waals surface area contributed by atoms with Gasteiger partial charge in [-0.2, -0.15) is 0 Å². The summed E-state index contributed by atoms with van der Waals surface area (Å²) < 4.78 is 0. The Morgan fingerprint density at radius 3 is 2.69 bits per heavy atom. The Kier molecular flexibility index (Phi) is 4.49. The molecule has 0 spiro atoms. The summed E-state index contributed by atoms with van der Waals surface area (Å²) in [4.78, 5) is 17.6. The number of nitrogens with zero attached hydrogens (tertiary/aromatic N) is 1. The number of nitrogens with two attached hydrogens (primary N) is 1. The van der Waals surface area contributed by atoms with Gasteiger partial charge in [0, 0.05) is 12.6 Å². The van der Waals surface area contributed by atoms with E-state index in [-0.39, 0.29) is 11.0 Å². The SMILES string of the molecule is CCC(CC)(CN)CNc1cc(=O)[nH]cn1. The van der Waals surface area contributed by atoms with Crippen molar-refractivity contribution in [2.75, 3.05) is 18.4 Å². The van der Waals surface area contributed by atoms with Crippen LogP contribution in [-0.4, -0.2) is 23.1 Å². The molecule has 0 fully saturated rings. The van der Waals surface area contributed by atoms with Crippen molar-refractivity contribution in [1.82, 2.24) is 9.97 Å². The lowest BCUT2D eigenvalue weighted by Crippen LogP contribution is -2.36. The Morgan fingerprint density at radius 1 is 1.50 bits per heavy atom. The third-order valence-electron chi connectivity index (χ3n) is 3.26. The highest BCUT2D eigenvalue weighted by molar-refractivity contribution is 5.31. The van der Waals surface area contributed by atoms with E-state index in [9.17, 15) is 4.79 Å². The van der Waals surface area contributed by atoms with Gasteiger partial charge in [-0.1, -0.05) is 13.8 Å². The summed E-state index contributed by atoms with van der Waals surface area (Å²) in [7, 11) is 0. The van der Waals surface area contributed by atoms with E-state index in [4.69, 9.17) is 5.73 Å². The molecule has 0 saturated heterocycles. The van der Waals surface area contributed by atoms with Gasteiger partial charge in [0.25, 0.3) is 5.56 Å². The normalized spacial score (nSPS) is 11.4. The maximum atomic E-state index is 11.1. The van der Waals surface area contributed by atoms with E-state index in [2.05, 4.69) is 29.1 Å². The second kappa shape index (κ2) is 5.65. The molecule has 0 amide bonds. The highest BCUT2D eigenvalue weighted by atomic mass is 16.1. The topological polar surface area (TPSA) is 83.8 Å². The van der Waals surface area contributed by atoms with Gasteiger partial charge in [-0.15, -0.1) is 0 Å². The van der Waals surface area contributed by atoms with Gasteiger partial charge in [0.15, 0.2) is 0 Å². The molecule has 0 atom stereocenters. The van der Waals surface area contributed by atoms with Crippen molar-refractivity contribution in [1.29, 1.82) is 0 Å². The molecule has 0 bridgehead atoms. The average molecular weight is 224 g/mol. The predicted octanol–water partition coefficient (Wildman–Crippen LogP) is 0.947. The first-order valence-corrected chi connectivity index (χ1v) is 5.64. The van der Waals surface area contributed by atoms with Crippen molar-refractivity contribution in [3.05, 3.63) is 22.7 Å². The highest BCUT2D eigenvalue weighted by Crippen LogP contribution is 2.24. The molecular weight excluding hydrogens is 204 g/mol. The van der Waals surface area contributed by atoms with Crippen LogP contribution in [0.2, 0.25) is 0 Å². The molecule has 0 aliphatic heterocycles. The van der Waals surface area contributed by atoms with E-state index in [0.29, 0.717) is 12.4 Å². The van der Waals surface area contributed by atoms with Gasteiger partial charge >= 0.3 is 0 Å². The van der Waals surface area contributed by atoms with Gasteiger partial charge in [-0.05, 0) is 24.8 Å². The van der Waals surface area contributed by atoms with Crippen LogP contribution >= 0.6 is 0 Å². The fourth-order valence-corrected chi connectivity index (χ4v) is 1.60. The summed E-state index contributed by atoms with van der Waals surface area (Å²) in [6.07, 6.45) is 3.42. The smallest absolute Gasteiger partial charge is 0.252 e. The fourth-order valence-electron chi connectivity index (χ4n) is 1.60. The maximum Gasteiger partial charge on any atom is 0.252 e. The van der Waals surface area contributed by atoms with E-state index >= 15 is 0 Å². The van der Waals surface area contributed by atoms with Crippen LogP contribution in [-0.2, 0) is 0 Å². The summed E-state index contributed by atoms with van der Waals surface area (Å²) in [6, 6.07) is 1.45. The van der Waals surface area contributed by atoms with Crippen LogP contribution in [0, 0.1) is 5.41 Å². The molecule has 0 aliphatic carbocycles. The van der Waals surface area contributed by atoms with E-state index in [1.807, 2.05) is 0 Å². The maximum absolute atomic E-state index is 11.1. The molecule has 0 aliphatic rings. The molecule has 90 valence electrons. The van der Waals surface area contributed by atoms with Crippen molar-refractivity contribution < 1.29 is 0 Å². The molecule has 0 saturated carbocycles. The zero-order chi connectivity index (χ0) is 12.0. The van der Waals surface area contributed by atoms with Crippen molar-refractivity contribution >= 4 is 5.82 Å². The molecule has 0 aromatic carbocycles. The fraction of sp³-hybridized carbons (Fsp3) is 0.636. The van der Waals surface area contributed by atoms with E-state index in [1.165, 1.54) is 12.4 Å². The van der Waals surface area contributed by atoms with Gasteiger partial charge in [0.1, 0.15) is 5.82 Å². The predicted molar refractivity (Wildman–Crippen MR) is 65.4 cm³/mol. The molecule has 0 radical (unpaired) electrons. The number of rotatable bonds is 6. The molecular formula is C11H20N4O. The minimum absolute atomic E-state index is 0.0876. The van der Waals surface area contributed by atoms with Crippen LogP contribution in [0.5, 0.6) is 0 Å². The number of aromatic amines is 1. The molecule has 0 unspecified atom stereocenters. The van der Waals surface area contributed by atoms with E-state index in [1.54, 1.807) is 0 Å². The van der Waals surface area contributed by atoms with Crippen molar-refractivity contribution in [3.8, 4) is 0 Å². The lowest BCUT2D eigenvalue weighted by molar-refractivity contribution is 0.294. The molecule has 1 heterocycles. The third-order valence-corrected chi connectivity index (χ3v) is 3.26. The van der Waals surface area contributed by atoms with Gasteiger partial charge in [0.05, 0.1) is 6.33 Å². The van der Waals surface area contributed by atoms with Crippen LogP contribution in [0.1, 0.15) is 26.7 Å². The number of nitrogens with one attached hydrogen (secondary N) is 2. The van der Waals surface area contributed by atoms with Gasteiger partial charge in [-0.3, -0.25) is 4.79 Å². The summed E-state index contributed by atoms with van der Waals surface area (Å²) in [5, 5.41) is 3.17. The quantitative estimate of drug-likeness (QED) is 0.671. The summed E-state index contributed by atoms with van der Waals surface area (Å²) >= 11 is 0. The zero-order valence-electron chi connectivity index (χ0n) is 9.92. The number of hydrogen-bond donors (Lipinski definition) is 3. The van der Waals surface area contributed by atoms with E-state index in [0.717, 1.165) is 19.4 Å². The van der Waals surface area contributed by atoms with Crippen LogP contribution in [0.3, 0.4) is 0 Å². The molecule has 5 heteroatoms. The summed E-state index contributed by atoms with van der Waals surface area (Å²) in [6.45, 7) is 5.63. The Balaban J connectivity index is 2.65. The second-order valence-electron chi connectivity index (χ2n) is 4.06. The Morgan fingerprint density at radius 2 is 2.19 bits per heavy atom. The lowest BCUT2D eigenvalue weighted by atomic mass is 9.82. The minimum Gasteiger partial charge on any atom is -0.369 e. The number of hydrogen-bond acceptors (Lipinski definition) is 4. The molecule has 1 rings (SSSR count). The number of H-pyrrole nitrogens is 1. The molecule has 4 N–H and O–H groups in total. The van der Waals surface area contributed by atoms with Crippen molar-refractivity contribution in [2.45, 2.75) is 26.7 Å². The Hall–Kier alpha value is -1.36. The van der Waals surface area contributed by atoms with Crippen LogP contribution < -0.4 is 16.6 Å². The zero-order valence-corrected chi connectivity index (χ0v) is 9.92. The van der Waals surface area contributed by atoms with Crippen molar-refractivity contribution in [3.63, 3.8) is 0 Å². The van der Waals surface area contributed by atoms with Gasteiger partial charge in [0.2, 0.25) is 0 Å². The Bertz CT molecular complexity index is 362. The standard InChI is InChI=1S/C11H20N4O/c1-3-11(4-2,6-12)7-13-9-5-10(16)15-8-14-9/h5,8H,3-4,6-7,12H2,1-2H3,(H2,13,14,15,16). The molecule has 5 nitrogen and oxygen atoms in total. The molecule has 16 heavy (non-hydrogen) atoms. The lowest BCUT2D eigenvalue weighted by Gasteiger charge is -2.30. The number of aromatic nitrogens is 2. The highest BCUT2D eigenvalue weighted by Gasteiger charge is 2.23. The summed E-state index contributed by atoms with van der Waals surface area (Å²) in [5.41, 5.74) is 5.73. The van der Waals surface area contributed by atoms with Crippen LogP contribution in [0.15, 0.2) is 17.2 Å². The first-order chi connectivity index (χ1) is 7.65. The molecule has 1 aromatic rings. The van der Waals surface area contributed by atoms with Crippen LogP contribution in [0.25, 0.3) is 0 Å². The Labute approximate surface area is 95.5 Å². The van der Waals surface area contributed by atoms with Gasteiger partial charge < -0.3 is 16.0 Å². The second-order valence-corrected chi connectivity index (χ2v) is 4.06. The van der Waals surface area contributed by atoms with Gasteiger partial charge in [-0.25, -0.2) is 4.98 Å². The largest absolute Gasteiger partial charge is 0.369 e. The van der Waals surface area contributed by atoms with Crippen LogP contribution in [0.4, 0.5) is 5.82 Å². The number of anilines is 1. The van der Waals surface area contributed by atoms with Crippen molar-refractivity contribution in [2.24, 2.45) is 11.1 Å². The minimum atomic E-state index is -0.149. The summed E-state index contributed by atoms with van der Waals surface area (Å²) in [5.74, 6) is 0.600.